The van der Waals surface area contributed by atoms with Gasteiger partial charge in [-0.1, -0.05) is 12.1 Å². The molecule has 0 spiro atoms. The molecule has 4 fully saturated rings. The van der Waals surface area contributed by atoms with Crippen LogP contribution in [0, 0.1) is 23.2 Å². The lowest BCUT2D eigenvalue weighted by Gasteiger charge is -2.55. The molecule has 2 amide bonds. The summed E-state index contributed by atoms with van der Waals surface area (Å²) in [7, 11) is 0. The van der Waals surface area contributed by atoms with Crippen LogP contribution >= 0.6 is 0 Å². The van der Waals surface area contributed by atoms with Crippen molar-refractivity contribution >= 4 is 11.8 Å². The smallest absolute Gasteiger partial charge is 0.226 e. The third-order valence-electron chi connectivity index (χ3n) is 7.48. The number of carbonyl (C=O) groups excluding carboxylic acids is 2. The van der Waals surface area contributed by atoms with Crippen LogP contribution in [0.15, 0.2) is 24.3 Å². The van der Waals surface area contributed by atoms with E-state index in [1.807, 2.05) is 24.3 Å². The summed E-state index contributed by atoms with van der Waals surface area (Å²) in [5, 5.41) is 6.07. The molecule has 4 saturated carbocycles. The molecule has 6 heteroatoms. The number of fused-ring (bicyclic) bond motifs is 1. The van der Waals surface area contributed by atoms with Crippen LogP contribution in [0.25, 0.3) is 0 Å². The van der Waals surface area contributed by atoms with Crippen LogP contribution in [0.3, 0.4) is 0 Å². The van der Waals surface area contributed by atoms with Crippen LogP contribution in [-0.4, -0.2) is 37.6 Å². The molecule has 4 aliphatic carbocycles. The molecule has 1 aliphatic heterocycles. The Morgan fingerprint density at radius 3 is 2.33 bits per heavy atom. The van der Waals surface area contributed by atoms with Crippen LogP contribution < -0.4 is 20.1 Å². The van der Waals surface area contributed by atoms with Gasteiger partial charge in [0.1, 0.15) is 12.7 Å². The molecular formula is C24H32N2O4. The standard InChI is InChI=1S/C24H32N2O4/c27-22(26-14-19-15-29-20-4-1-2-5-21(20)30-19)6-3-7-25-23(28)24-11-16-8-17(12-24)10-18(9-16)13-24/h1-2,4-5,16-19H,3,6-15H2,(H,25,28)(H,26,27). The molecular weight excluding hydrogens is 380 g/mol. The first-order chi connectivity index (χ1) is 14.6. The van der Waals surface area contributed by atoms with Gasteiger partial charge in [-0.2, -0.15) is 0 Å². The summed E-state index contributed by atoms with van der Waals surface area (Å²) in [5.41, 5.74) is -0.106. The summed E-state index contributed by atoms with van der Waals surface area (Å²) < 4.78 is 11.5. The highest BCUT2D eigenvalue weighted by molar-refractivity contribution is 5.83. The zero-order chi connectivity index (χ0) is 20.6. The molecule has 0 aromatic heterocycles. The molecule has 30 heavy (non-hydrogen) atoms. The summed E-state index contributed by atoms with van der Waals surface area (Å²) in [6, 6.07) is 7.56. The Balaban J connectivity index is 1.00. The van der Waals surface area contributed by atoms with E-state index in [1.165, 1.54) is 19.3 Å². The second-order valence-corrected chi connectivity index (χ2v) is 9.86. The maximum atomic E-state index is 12.9. The number of benzene rings is 1. The first-order valence-electron chi connectivity index (χ1n) is 11.5. The SMILES string of the molecule is O=C(CCCNC(=O)C12CC3CC(CC(C3)C1)C2)NCC1COc2ccccc2O1. The van der Waals surface area contributed by atoms with Gasteiger partial charge in [-0.3, -0.25) is 9.59 Å². The third-order valence-corrected chi connectivity index (χ3v) is 7.48. The summed E-state index contributed by atoms with van der Waals surface area (Å²) in [4.78, 5) is 25.1. The summed E-state index contributed by atoms with van der Waals surface area (Å²) >= 11 is 0. The van der Waals surface area contributed by atoms with Gasteiger partial charge in [0.25, 0.3) is 0 Å². The number of nitrogens with one attached hydrogen (secondary N) is 2. The highest BCUT2D eigenvalue weighted by Crippen LogP contribution is 2.60. The Morgan fingerprint density at radius 2 is 1.63 bits per heavy atom. The maximum Gasteiger partial charge on any atom is 0.226 e. The zero-order valence-electron chi connectivity index (χ0n) is 17.5. The molecule has 4 bridgehead atoms. The molecule has 6 rings (SSSR count). The van der Waals surface area contributed by atoms with Gasteiger partial charge in [0.15, 0.2) is 11.5 Å². The average molecular weight is 413 g/mol. The molecule has 1 aromatic rings. The van der Waals surface area contributed by atoms with Crippen molar-refractivity contribution < 1.29 is 19.1 Å². The van der Waals surface area contributed by atoms with Gasteiger partial charge in [0.05, 0.1) is 6.54 Å². The Labute approximate surface area is 178 Å². The van der Waals surface area contributed by atoms with E-state index in [1.54, 1.807) is 0 Å². The summed E-state index contributed by atoms with van der Waals surface area (Å²) in [5.74, 6) is 4.00. The van der Waals surface area contributed by atoms with Gasteiger partial charge in [-0.25, -0.2) is 0 Å². The number of hydrogen-bond acceptors (Lipinski definition) is 4. The lowest BCUT2D eigenvalue weighted by molar-refractivity contribution is -0.146. The molecule has 6 nitrogen and oxygen atoms in total. The lowest BCUT2D eigenvalue weighted by atomic mass is 9.49. The lowest BCUT2D eigenvalue weighted by Crippen LogP contribution is -2.53. The number of ether oxygens (including phenoxy) is 2. The van der Waals surface area contributed by atoms with Gasteiger partial charge >= 0.3 is 0 Å². The van der Waals surface area contributed by atoms with Gasteiger partial charge in [-0.05, 0) is 74.8 Å². The quantitative estimate of drug-likeness (QED) is 0.675. The van der Waals surface area contributed by atoms with Crippen LogP contribution in [0.2, 0.25) is 0 Å². The molecule has 1 unspecified atom stereocenters. The first kappa shape index (κ1) is 19.7. The predicted octanol–water partition coefficient (Wildman–Crippen LogP) is 3.06. The van der Waals surface area contributed by atoms with E-state index in [4.69, 9.17) is 9.47 Å². The molecule has 162 valence electrons. The van der Waals surface area contributed by atoms with Gasteiger partial charge in [0.2, 0.25) is 11.8 Å². The number of rotatable bonds is 7. The largest absolute Gasteiger partial charge is 0.486 e. The molecule has 0 saturated heterocycles. The minimum Gasteiger partial charge on any atom is -0.486 e. The van der Waals surface area contributed by atoms with Crippen molar-refractivity contribution in [3.05, 3.63) is 24.3 Å². The number of hydrogen-bond donors (Lipinski definition) is 2. The van der Waals surface area contributed by atoms with E-state index in [2.05, 4.69) is 10.6 Å². The van der Waals surface area contributed by atoms with Crippen LogP contribution in [0.5, 0.6) is 11.5 Å². The molecule has 1 atom stereocenters. The van der Waals surface area contributed by atoms with E-state index >= 15 is 0 Å². The van der Waals surface area contributed by atoms with Crippen molar-refractivity contribution in [1.82, 2.24) is 10.6 Å². The molecule has 5 aliphatic rings. The van der Waals surface area contributed by atoms with E-state index in [9.17, 15) is 9.59 Å². The highest BCUT2D eigenvalue weighted by Gasteiger charge is 2.54. The fourth-order valence-corrected chi connectivity index (χ4v) is 6.51. The van der Waals surface area contributed by atoms with Gasteiger partial charge in [-0.15, -0.1) is 0 Å². The van der Waals surface area contributed by atoms with E-state index in [0.717, 1.165) is 48.5 Å². The van der Waals surface area contributed by atoms with E-state index in [-0.39, 0.29) is 23.3 Å². The van der Waals surface area contributed by atoms with Gasteiger partial charge < -0.3 is 20.1 Å². The average Bonchev–Trinajstić information content (AvgIpc) is 2.74. The van der Waals surface area contributed by atoms with E-state index < -0.39 is 0 Å². The fourth-order valence-electron chi connectivity index (χ4n) is 6.51. The molecule has 2 N–H and O–H groups in total. The number of amides is 2. The van der Waals surface area contributed by atoms with Crippen molar-refractivity contribution in [2.24, 2.45) is 23.2 Å². The Hall–Kier alpha value is -2.24. The fraction of sp³-hybridized carbons (Fsp3) is 0.667. The monoisotopic (exact) mass is 412 g/mol. The van der Waals surface area contributed by atoms with Crippen LogP contribution in [0.4, 0.5) is 0 Å². The molecule has 1 heterocycles. The van der Waals surface area contributed by atoms with Crippen molar-refractivity contribution in [1.29, 1.82) is 0 Å². The van der Waals surface area contributed by atoms with Crippen molar-refractivity contribution in [2.45, 2.75) is 57.5 Å². The van der Waals surface area contributed by atoms with Crippen LogP contribution in [0.1, 0.15) is 51.4 Å². The normalized spacial score (nSPS) is 33.2. The number of para-hydroxylation sites is 2. The third kappa shape index (κ3) is 4.01. The number of carbonyl (C=O) groups is 2. The Morgan fingerprint density at radius 1 is 0.967 bits per heavy atom. The Bertz CT molecular complexity index is 773. The topological polar surface area (TPSA) is 76.7 Å². The minimum atomic E-state index is -0.181. The van der Waals surface area contributed by atoms with Crippen LogP contribution in [-0.2, 0) is 9.59 Å². The second kappa shape index (κ2) is 8.12. The van der Waals surface area contributed by atoms with E-state index in [0.29, 0.717) is 32.5 Å². The van der Waals surface area contributed by atoms with Crippen molar-refractivity contribution in [3.63, 3.8) is 0 Å². The van der Waals surface area contributed by atoms with Crippen molar-refractivity contribution in [3.8, 4) is 11.5 Å². The second-order valence-electron chi connectivity index (χ2n) is 9.86. The Kier molecular flexibility index (Phi) is 5.34. The zero-order valence-corrected chi connectivity index (χ0v) is 17.5. The summed E-state index contributed by atoms with van der Waals surface area (Å²) in [6.07, 6.45) is 8.16. The molecule has 0 radical (unpaired) electrons. The maximum absolute atomic E-state index is 12.9. The first-order valence-corrected chi connectivity index (χ1v) is 11.5. The van der Waals surface area contributed by atoms with Crippen molar-refractivity contribution in [2.75, 3.05) is 19.7 Å². The minimum absolute atomic E-state index is 0.0125. The predicted molar refractivity (Wildman–Crippen MR) is 112 cm³/mol. The van der Waals surface area contributed by atoms with Gasteiger partial charge in [0, 0.05) is 18.4 Å². The summed E-state index contributed by atoms with van der Waals surface area (Å²) in [6.45, 7) is 1.43. The highest BCUT2D eigenvalue weighted by atomic mass is 16.6. The molecule has 1 aromatic carbocycles.